The van der Waals surface area contributed by atoms with E-state index < -0.39 is 0 Å². The molecule has 1 atom stereocenters. The van der Waals surface area contributed by atoms with Gasteiger partial charge in [-0.05, 0) is 24.3 Å². The molecule has 2 aromatic rings. The Bertz CT molecular complexity index is 683. The molecule has 128 valence electrons. The molecule has 1 N–H and O–H groups in total. The van der Waals surface area contributed by atoms with Gasteiger partial charge in [0.25, 0.3) is 5.91 Å². The Morgan fingerprint density at radius 2 is 1.88 bits per heavy atom. The molecule has 0 aliphatic heterocycles. The molecule has 5 heteroatoms. The summed E-state index contributed by atoms with van der Waals surface area (Å²) in [6.07, 6.45) is 4.08. The average molecular weight is 326 g/mol. The largest absolute Gasteiger partial charge is 0.366 e. The van der Waals surface area contributed by atoms with E-state index in [4.69, 9.17) is 0 Å². The van der Waals surface area contributed by atoms with Gasteiger partial charge in [0, 0.05) is 20.1 Å². The number of benzene rings is 1. The molecule has 0 radical (unpaired) electrons. The van der Waals surface area contributed by atoms with Crippen molar-refractivity contribution in [1.82, 2.24) is 14.9 Å². The monoisotopic (exact) mass is 326 g/mol. The Balaban J connectivity index is 2.06. The van der Waals surface area contributed by atoms with Crippen molar-refractivity contribution < 1.29 is 4.79 Å². The van der Waals surface area contributed by atoms with E-state index in [2.05, 4.69) is 60.3 Å². The topological polar surface area (TPSA) is 58.1 Å². The van der Waals surface area contributed by atoms with Crippen LogP contribution in [-0.4, -0.2) is 40.9 Å². The number of nitrogens with zero attached hydrogens (tertiary/aromatic N) is 3. The highest BCUT2D eigenvalue weighted by molar-refractivity contribution is 5.91. The Morgan fingerprint density at radius 3 is 2.50 bits per heavy atom. The van der Waals surface area contributed by atoms with Crippen LogP contribution in [0.25, 0.3) is 0 Å². The molecule has 2 rings (SSSR count). The number of rotatable bonds is 6. The van der Waals surface area contributed by atoms with Crippen LogP contribution in [0.15, 0.2) is 42.7 Å². The summed E-state index contributed by atoms with van der Waals surface area (Å²) in [6, 6.07) is 10.7. The lowest BCUT2D eigenvalue weighted by atomic mass is 9.79. The van der Waals surface area contributed by atoms with Gasteiger partial charge in [0.05, 0.1) is 12.4 Å². The van der Waals surface area contributed by atoms with Crippen molar-refractivity contribution in [1.29, 1.82) is 0 Å². The summed E-state index contributed by atoms with van der Waals surface area (Å²) < 4.78 is 0. The quantitative estimate of drug-likeness (QED) is 0.884. The van der Waals surface area contributed by atoms with Crippen molar-refractivity contribution >= 4 is 11.7 Å². The van der Waals surface area contributed by atoms with Crippen LogP contribution in [0.5, 0.6) is 0 Å². The Labute approximate surface area is 144 Å². The maximum atomic E-state index is 12.0. The highest BCUT2D eigenvalue weighted by Crippen LogP contribution is 2.28. The average Bonchev–Trinajstić information content (AvgIpc) is 2.54. The minimum absolute atomic E-state index is 0.0399. The first kappa shape index (κ1) is 17.9. The first-order chi connectivity index (χ1) is 11.3. The van der Waals surface area contributed by atoms with E-state index in [1.165, 1.54) is 16.7 Å². The zero-order valence-corrected chi connectivity index (χ0v) is 15.1. The van der Waals surface area contributed by atoms with Gasteiger partial charge >= 0.3 is 0 Å². The second-order valence-corrected chi connectivity index (χ2v) is 6.99. The van der Waals surface area contributed by atoms with Crippen LogP contribution < -0.4 is 5.32 Å². The van der Waals surface area contributed by atoms with Crippen LogP contribution in [0.4, 0.5) is 5.82 Å². The van der Waals surface area contributed by atoms with E-state index in [0.717, 1.165) is 6.42 Å². The highest BCUT2D eigenvalue weighted by Gasteiger charge is 2.23. The summed E-state index contributed by atoms with van der Waals surface area (Å²) >= 11 is 0. The molecule has 0 saturated heterocycles. The summed E-state index contributed by atoms with van der Waals surface area (Å²) in [5, 5.41) is 3.36. The molecule has 0 spiro atoms. The summed E-state index contributed by atoms with van der Waals surface area (Å²) in [5.41, 5.74) is 1.69. The van der Waals surface area contributed by atoms with Crippen LogP contribution in [0, 0.1) is 0 Å². The molecule has 1 heterocycles. The van der Waals surface area contributed by atoms with E-state index in [-0.39, 0.29) is 17.4 Å². The van der Waals surface area contributed by atoms with Crippen molar-refractivity contribution in [3.63, 3.8) is 0 Å². The predicted octanol–water partition coefficient (Wildman–Crippen LogP) is 3.35. The van der Waals surface area contributed by atoms with Crippen LogP contribution in [-0.2, 0) is 5.41 Å². The SMILES string of the molecule is C[C@@H](CC(C)(C)c1ccccc1)Nc1cncc(C(=O)N(C)C)n1. The molecular weight excluding hydrogens is 300 g/mol. The number of carbonyl (C=O) groups excluding carboxylic acids is 1. The van der Waals surface area contributed by atoms with E-state index in [1.807, 2.05) is 6.07 Å². The fourth-order valence-corrected chi connectivity index (χ4v) is 2.84. The predicted molar refractivity (Wildman–Crippen MR) is 97.2 cm³/mol. The van der Waals surface area contributed by atoms with Crippen LogP contribution in [0.1, 0.15) is 43.2 Å². The Hall–Kier alpha value is -2.43. The van der Waals surface area contributed by atoms with E-state index in [0.29, 0.717) is 11.5 Å². The number of hydrogen-bond acceptors (Lipinski definition) is 4. The number of anilines is 1. The van der Waals surface area contributed by atoms with Gasteiger partial charge in [-0.2, -0.15) is 0 Å². The third kappa shape index (κ3) is 4.54. The van der Waals surface area contributed by atoms with E-state index in [1.54, 1.807) is 20.3 Å². The molecule has 1 amide bonds. The first-order valence-corrected chi connectivity index (χ1v) is 8.15. The molecule has 5 nitrogen and oxygen atoms in total. The standard InChI is InChI=1S/C19H26N4O/c1-14(11-19(2,3)15-9-7-6-8-10-15)21-17-13-20-12-16(22-17)18(24)23(4)5/h6-10,12-14H,11H2,1-5H3,(H,21,22)/t14-/m0/s1. The summed E-state index contributed by atoms with van der Waals surface area (Å²) in [5.74, 6) is 0.475. The van der Waals surface area contributed by atoms with Gasteiger partial charge in [0.15, 0.2) is 0 Å². The minimum Gasteiger partial charge on any atom is -0.366 e. The summed E-state index contributed by atoms with van der Waals surface area (Å²) in [4.78, 5) is 22.0. The second-order valence-electron chi connectivity index (χ2n) is 6.99. The fraction of sp³-hybridized carbons (Fsp3) is 0.421. The molecule has 1 aromatic heterocycles. The van der Waals surface area contributed by atoms with E-state index >= 15 is 0 Å². The number of nitrogens with one attached hydrogen (secondary N) is 1. The number of carbonyl (C=O) groups is 1. The van der Waals surface area contributed by atoms with Gasteiger partial charge < -0.3 is 10.2 Å². The van der Waals surface area contributed by atoms with E-state index in [9.17, 15) is 4.79 Å². The molecule has 0 aliphatic carbocycles. The second kappa shape index (κ2) is 7.43. The number of amides is 1. The van der Waals surface area contributed by atoms with Gasteiger partial charge in [-0.1, -0.05) is 44.2 Å². The number of aromatic nitrogens is 2. The van der Waals surface area contributed by atoms with Gasteiger partial charge in [-0.25, -0.2) is 4.98 Å². The van der Waals surface area contributed by atoms with Crippen LogP contribution in [0.2, 0.25) is 0 Å². The molecule has 0 saturated carbocycles. The van der Waals surface area contributed by atoms with Gasteiger partial charge in [-0.15, -0.1) is 0 Å². The molecule has 0 fully saturated rings. The molecule has 0 bridgehead atoms. The van der Waals surface area contributed by atoms with Crippen molar-refractivity contribution in [3.8, 4) is 0 Å². The van der Waals surface area contributed by atoms with Gasteiger partial charge in [-0.3, -0.25) is 9.78 Å². The van der Waals surface area contributed by atoms with Crippen molar-refractivity contribution in [3.05, 3.63) is 54.0 Å². The fourth-order valence-electron chi connectivity index (χ4n) is 2.84. The minimum atomic E-state index is -0.150. The lowest BCUT2D eigenvalue weighted by molar-refractivity contribution is 0.0821. The molecule has 24 heavy (non-hydrogen) atoms. The van der Waals surface area contributed by atoms with Crippen LogP contribution >= 0.6 is 0 Å². The maximum absolute atomic E-state index is 12.0. The highest BCUT2D eigenvalue weighted by atomic mass is 16.2. The summed E-state index contributed by atoms with van der Waals surface area (Å²) in [7, 11) is 3.41. The normalized spacial score (nSPS) is 12.5. The van der Waals surface area contributed by atoms with Crippen molar-refractivity contribution in [2.24, 2.45) is 0 Å². The first-order valence-electron chi connectivity index (χ1n) is 8.15. The molecular formula is C19H26N4O. The maximum Gasteiger partial charge on any atom is 0.273 e. The summed E-state index contributed by atoms with van der Waals surface area (Å²) in [6.45, 7) is 6.59. The van der Waals surface area contributed by atoms with Crippen LogP contribution in [0.3, 0.4) is 0 Å². The zero-order valence-electron chi connectivity index (χ0n) is 15.1. The third-order valence-corrected chi connectivity index (χ3v) is 4.03. The smallest absolute Gasteiger partial charge is 0.273 e. The molecule has 0 unspecified atom stereocenters. The van der Waals surface area contributed by atoms with Gasteiger partial charge in [0.2, 0.25) is 0 Å². The van der Waals surface area contributed by atoms with Crippen molar-refractivity contribution in [2.45, 2.75) is 38.6 Å². The zero-order chi connectivity index (χ0) is 17.7. The lowest BCUT2D eigenvalue weighted by Crippen LogP contribution is -2.28. The third-order valence-electron chi connectivity index (χ3n) is 4.03. The number of hydrogen-bond donors (Lipinski definition) is 1. The molecule has 1 aromatic carbocycles. The molecule has 0 aliphatic rings. The van der Waals surface area contributed by atoms with Gasteiger partial charge in [0.1, 0.15) is 11.5 Å². The Kier molecular flexibility index (Phi) is 5.54. The Morgan fingerprint density at radius 1 is 1.21 bits per heavy atom. The van der Waals surface area contributed by atoms with Crippen molar-refractivity contribution in [2.75, 3.05) is 19.4 Å². The lowest BCUT2D eigenvalue weighted by Gasteiger charge is -2.29.